The highest BCUT2D eigenvalue weighted by atomic mass is 19.4. The first-order valence-electron chi connectivity index (χ1n) is 3.66. The molecular formula is C7H12F3NO2. The number of carbonyl (C=O) groups is 1. The van der Waals surface area contributed by atoms with Gasteiger partial charge in [0.05, 0.1) is 0 Å². The van der Waals surface area contributed by atoms with Crippen LogP contribution in [0.15, 0.2) is 0 Å². The summed E-state index contributed by atoms with van der Waals surface area (Å²) < 4.78 is 31.7. The van der Waals surface area contributed by atoms with Crippen molar-refractivity contribution in [3.63, 3.8) is 0 Å². The quantitative estimate of drug-likeness (QED) is 0.619. The van der Waals surface area contributed by atoms with Gasteiger partial charge < -0.3 is 10.8 Å². The largest absolute Gasteiger partial charge is 0.490 e. The fraction of sp³-hybridized carbons (Fsp3) is 0.857. The van der Waals surface area contributed by atoms with E-state index in [0.717, 1.165) is 5.92 Å². The van der Waals surface area contributed by atoms with Gasteiger partial charge in [-0.25, -0.2) is 4.79 Å². The zero-order valence-corrected chi connectivity index (χ0v) is 7.35. The molecule has 0 aromatic heterocycles. The van der Waals surface area contributed by atoms with E-state index in [1.54, 1.807) is 0 Å². The second kappa shape index (κ2) is 3.53. The van der Waals surface area contributed by atoms with E-state index >= 15 is 0 Å². The van der Waals surface area contributed by atoms with Gasteiger partial charge in [0.1, 0.15) is 0 Å². The summed E-state index contributed by atoms with van der Waals surface area (Å²) in [6.07, 6.45) is -3.87. The highest BCUT2D eigenvalue weighted by Crippen LogP contribution is 2.39. The normalized spacial score (nSPS) is 31.7. The Morgan fingerprint density at radius 1 is 1.62 bits per heavy atom. The number of carboxylic acid groups (broad SMARTS) is 1. The van der Waals surface area contributed by atoms with Gasteiger partial charge in [0.2, 0.25) is 0 Å². The van der Waals surface area contributed by atoms with E-state index in [4.69, 9.17) is 15.6 Å². The van der Waals surface area contributed by atoms with Gasteiger partial charge in [-0.1, -0.05) is 6.92 Å². The number of nitrogens with two attached hydrogens (primary N) is 1. The Bertz CT molecular complexity index is 200. The molecule has 13 heavy (non-hydrogen) atoms. The van der Waals surface area contributed by atoms with E-state index in [1.165, 1.54) is 6.42 Å². The highest BCUT2D eigenvalue weighted by Gasteiger charge is 2.42. The molecule has 0 heterocycles. The van der Waals surface area contributed by atoms with Crippen LogP contribution in [0.25, 0.3) is 0 Å². The minimum absolute atomic E-state index is 0.208. The van der Waals surface area contributed by atoms with Crippen molar-refractivity contribution in [3.05, 3.63) is 0 Å². The van der Waals surface area contributed by atoms with Crippen molar-refractivity contribution in [2.24, 2.45) is 11.7 Å². The third kappa shape index (κ3) is 4.72. The van der Waals surface area contributed by atoms with Gasteiger partial charge >= 0.3 is 12.1 Å². The van der Waals surface area contributed by atoms with Crippen molar-refractivity contribution in [3.8, 4) is 0 Å². The van der Waals surface area contributed by atoms with Gasteiger partial charge in [-0.3, -0.25) is 0 Å². The van der Waals surface area contributed by atoms with Crippen molar-refractivity contribution >= 4 is 5.97 Å². The van der Waals surface area contributed by atoms with Crippen molar-refractivity contribution in [1.29, 1.82) is 0 Å². The first-order valence-corrected chi connectivity index (χ1v) is 3.66. The summed E-state index contributed by atoms with van der Waals surface area (Å²) in [4.78, 5) is 8.90. The van der Waals surface area contributed by atoms with Crippen LogP contribution in [0, 0.1) is 5.92 Å². The molecule has 2 unspecified atom stereocenters. The van der Waals surface area contributed by atoms with Crippen LogP contribution < -0.4 is 5.73 Å². The zero-order valence-electron chi connectivity index (χ0n) is 7.35. The maximum absolute atomic E-state index is 10.6. The standard InChI is InChI=1S/C5H11N.C2HF3O2/c1-4-3-5(4,2)6;3-2(4,5)1(6)7/h4H,3,6H2,1-2H3;(H,6,7). The lowest BCUT2D eigenvalue weighted by atomic mass is 10.3. The molecule has 1 saturated carbocycles. The number of aliphatic carboxylic acids is 1. The first-order chi connectivity index (χ1) is 5.57. The number of alkyl halides is 3. The Labute approximate surface area is 73.7 Å². The van der Waals surface area contributed by atoms with Gasteiger partial charge in [-0.2, -0.15) is 13.2 Å². The van der Waals surface area contributed by atoms with Gasteiger partial charge in [-0.05, 0) is 19.3 Å². The van der Waals surface area contributed by atoms with Crippen LogP contribution in [0.2, 0.25) is 0 Å². The van der Waals surface area contributed by atoms with Crippen LogP contribution in [0.5, 0.6) is 0 Å². The molecule has 2 atom stereocenters. The Morgan fingerprint density at radius 3 is 1.77 bits per heavy atom. The van der Waals surface area contributed by atoms with Gasteiger partial charge in [0.15, 0.2) is 0 Å². The molecule has 1 fully saturated rings. The van der Waals surface area contributed by atoms with E-state index in [1.807, 2.05) is 0 Å². The smallest absolute Gasteiger partial charge is 0.475 e. The molecule has 0 saturated heterocycles. The summed E-state index contributed by atoms with van der Waals surface area (Å²) in [5.74, 6) is -1.98. The second-order valence-electron chi connectivity index (χ2n) is 3.41. The molecule has 6 heteroatoms. The molecule has 0 aromatic carbocycles. The molecule has 1 rings (SSSR count). The molecule has 3 N–H and O–H groups in total. The van der Waals surface area contributed by atoms with Crippen LogP contribution in [-0.4, -0.2) is 22.8 Å². The van der Waals surface area contributed by atoms with Gasteiger partial charge in [0, 0.05) is 5.54 Å². The molecular weight excluding hydrogens is 187 g/mol. The third-order valence-electron chi connectivity index (χ3n) is 1.95. The fourth-order valence-electron chi connectivity index (χ4n) is 0.601. The van der Waals surface area contributed by atoms with E-state index in [2.05, 4.69) is 13.8 Å². The average molecular weight is 199 g/mol. The van der Waals surface area contributed by atoms with Crippen LogP contribution in [0.4, 0.5) is 13.2 Å². The summed E-state index contributed by atoms with van der Waals surface area (Å²) in [6.45, 7) is 4.28. The van der Waals surface area contributed by atoms with Crippen LogP contribution in [0.3, 0.4) is 0 Å². The molecule has 0 aliphatic heterocycles. The molecule has 1 aliphatic rings. The average Bonchev–Trinajstić information content (AvgIpc) is 2.35. The maximum Gasteiger partial charge on any atom is 0.490 e. The SMILES string of the molecule is CC1CC1(C)N.O=C(O)C(F)(F)F. The molecule has 0 amide bonds. The Kier molecular flexibility index (Phi) is 3.32. The number of halogens is 3. The van der Waals surface area contributed by atoms with Crippen molar-refractivity contribution in [1.82, 2.24) is 0 Å². The van der Waals surface area contributed by atoms with E-state index in [9.17, 15) is 13.2 Å². The lowest BCUT2D eigenvalue weighted by Gasteiger charge is -1.93. The van der Waals surface area contributed by atoms with Crippen molar-refractivity contribution < 1.29 is 23.1 Å². The molecule has 1 aliphatic carbocycles. The summed E-state index contributed by atoms with van der Waals surface area (Å²) in [6, 6.07) is 0. The van der Waals surface area contributed by atoms with Crippen molar-refractivity contribution in [2.75, 3.05) is 0 Å². The zero-order chi connectivity index (χ0) is 10.9. The molecule has 0 radical (unpaired) electrons. The Hall–Kier alpha value is -0.780. The monoisotopic (exact) mass is 199 g/mol. The van der Waals surface area contributed by atoms with E-state index < -0.39 is 12.1 Å². The number of hydrogen-bond acceptors (Lipinski definition) is 2. The van der Waals surface area contributed by atoms with Crippen LogP contribution in [-0.2, 0) is 4.79 Å². The van der Waals surface area contributed by atoms with Gasteiger partial charge in [0.25, 0.3) is 0 Å². The predicted molar refractivity (Wildman–Crippen MR) is 40.1 cm³/mol. The lowest BCUT2D eigenvalue weighted by Crippen LogP contribution is -2.21. The van der Waals surface area contributed by atoms with Crippen molar-refractivity contribution in [2.45, 2.75) is 32.0 Å². The Morgan fingerprint density at radius 2 is 1.77 bits per heavy atom. The number of carboxylic acids is 1. The fourth-order valence-corrected chi connectivity index (χ4v) is 0.601. The molecule has 0 aromatic rings. The number of rotatable bonds is 0. The molecule has 3 nitrogen and oxygen atoms in total. The summed E-state index contributed by atoms with van der Waals surface area (Å²) in [5.41, 5.74) is 5.82. The maximum atomic E-state index is 10.6. The topological polar surface area (TPSA) is 63.3 Å². The Balaban J connectivity index is 0.000000223. The van der Waals surface area contributed by atoms with E-state index in [-0.39, 0.29) is 5.54 Å². The van der Waals surface area contributed by atoms with E-state index in [0.29, 0.717) is 0 Å². The summed E-state index contributed by atoms with van der Waals surface area (Å²) in [5, 5.41) is 7.12. The van der Waals surface area contributed by atoms with Crippen LogP contribution in [0.1, 0.15) is 20.3 Å². The summed E-state index contributed by atoms with van der Waals surface area (Å²) in [7, 11) is 0. The lowest BCUT2D eigenvalue weighted by molar-refractivity contribution is -0.192. The second-order valence-corrected chi connectivity index (χ2v) is 3.41. The number of hydrogen-bond donors (Lipinski definition) is 2. The minimum Gasteiger partial charge on any atom is -0.475 e. The van der Waals surface area contributed by atoms with Crippen LogP contribution >= 0.6 is 0 Å². The molecule has 0 bridgehead atoms. The minimum atomic E-state index is -5.08. The molecule has 0 spiro atoms. The highest BCUT2D eigenvalue weighted by molar-refractivity contribution is 5.73. The molecule has 78 valence electrons. The van der Waals surface area contributed by atoms with Gasteiger partial charge in [-0.15, -0.1) is 0 Å². The summed E-state index contributed by atoms with van der Waals surface area (Å²) >= 11 is 0. The third-order valence-corrected chi connectivity index (χ3v) is 1.95. The predicted octanol–water partition coefficient (Wildman–Crippen LogP) is 1.38. The first kappa shape index (κ1) is 12.2.